The Morgan fingerprint density at radius 2 is 2.12 bits per heavy atom. The summed E-state index contributed by atoms with van der Waals surface area (Å²) in [6.45, 7) is 7.45. The molecule has 0 saturated heterocycles. The fraction of sp³-hybridized carbons (Fsp3) is 0.500. The van der Waals surface area contributed by atoms with Crippen LogP contribution in [-0.4, -0.2) is 19.3 Å². The number of benzene rings is 1. The second-order valence-corrected chi connectivity index (χ2v) is 5.78. The van der Waals surface area contributed by atoms with Crippen LogP contribution in [0, 0.1) is 17.2 Å². The van der Waals surface area contributed by atoms with Crippen molar-refractivity contribution in [3.63, 3.8) is 0 Å². The van der Waals surface area contributed by atoms with E-state index in [4.69, 9.17) is 0 Å². The SMILES string of the molecule is CCSc1cccc(N(C)CC(C)C)c1C#N. The van der Waals surface area contributed by atoms with Crippen LogP contribution >= 0.6 is 11.8 Å². The fourth-order valence-electron chi connectivity index (χ4n) is 1.87. The summed E-state index contributed by atoms with van der Waals surface area (Å²) in [5.74, 6) is 1.58. The van der Waals surface area contributed by atoms with Crippen LogP contribution < -0.4 is 4.90 Å². The van der Waals surface area contributed by atoms with Crippen molar-refractivity contribution in [2.24, 2.45) is 5.92 Å². The maximum Gasteiger partial charge on any atom is 0.103 e. The lowest BCUT2D eigenvalue weighted by molar-refractivity contribution is 0.638. The smallest absolute Gasteiger partial charge is 0.103 e. The Labute approximate surface area is 109 Å². The summed E-state index contributed by atoms with van der Waals surface area (Å²) >= 11 is 1.73. The van der Waals surface area contributed by atoms with Gasteiger partial charge >= 0.3 is 0 Å². The Balaban J connectivity index is 3.07. The molecule has 0 N–H and O–H groups in total. The number of hydrogen-bond donors (Lipinski definition) is 0. The minimum atomic E-state index is 0.592. The lowest BCUT2D eigenvalue weighted by Crippen LogP contribution is -2.23. The first-order valence-electron chi connectivity index (χ1n) is 5.97. The molecule has 2 nitrogen and oxygen atoms in total. The van der Waals surface area contributed by atoms with Gasteiger partial charge in [-0.2, -0.15) is 5.26 Å². The molecule has 0 fully saturated rings. The maximum atomic E-state index is 9.32. The van der Waals surface area contributed by atoms with Crippen molar-refractivity contribution < 1.29 is 0 Å². The van der Waals surface area contributed by atoms with Crippen LogP contribution in [0.1, 0.15) is 26.3 Å². The van der Waals surface area contributed by atoms with Gasteiger partial charge in [-0.3, -0.25) is 0 Å². The third-order valence-corrected chi connectivity index (χ3v) is 3.41. The van der Waals surface area contributed by atoms with Gasteiger partial charge in [0.2, 0.25) is 0 Å². The van der Waals surface area contributed by atoms with E-state index in [1.807, 2.05) is 18.2 Å². The maximum absolute atomic E-state index is 9.32. The normalized spacial score (nSPS) is 10.4. The number of thioether (sulfide) groups is 1. The monoisotopic (exact) mass is 248 g/mol. The van der Waals surface area contributed by atoms with Crippen LogP contribution in [0.4, 0.5) is 5.69 Å². The van der Waals surface area contributed by atoms with Gasteiger partial charge in [-0.15, -0.1) is 11.8 Å². The highest BCUT2D eigenvalue weighted by Gasteiger charge is 2.12. The molecule has 0 aliphatic carbocycles. The van der Waals surface area contributed by atoms with Crippen LogP contribution in [0.15, 0.2) is 23.1 Å². The van der Waals surface area contributed by atoms with Gasteiger partial charge in [0, 0.05) is 18.5 Å². The number of anilines is 1. The number of rotatable bonds is 5. The van der Waals surface area contributed by atoms with Gasteiger partial charge in [0.1, 0.15) is 6.07 Å². The average Bonchev–Trinajstić information content (AvgIpc) is 2.28. The van der Waals surface area contributed by atoms with Crippen LogP contribution in [0.2, 0.25) is 0 Å². The van der Waals surface area contributed by atoms with Crippen molar-refractivity contribution in [3.05, 3.63) is 23.8 Å². The topological polar surface area (TPSA) is 27.0 Å². The van der Waals surface area contributed by atoms with Crippen molar-refractivity contribution in [2.75, 3.05) is 24.2 Å². The summed E-state index contributed by atoms with van der Waals surface area (Å²) in [5.41, 5.74) is 1.85. The van der Waals surface area contributed by atoms with E-state index in [-0.39, 0.29) is 0 Å². The van der Waals surface area contributed by atoms with E-state index in [1.165, 1.54) is 0 Å². The summed E-state index contributed by atoms with van der Waals surface area (Å²) in [7, 11) is 2.05. The van der Waals surface area contributed by atoms with Gasteiger partial charge in [0.25, 0.3) is 0 Å². The zero-order chi connectivity index (χ0) is 12.8. The molecule has 0 aromatic heterocycles. The molecule has 0 heterocycles. The highest BCUT2D eigenvalue weighted by atomic mass is 32.2. The first kappa shape index (κ1) is 13.9. The summed E-state index contributed by atoms with van der Waals surface area (Å²) in [6.07, 6.45) is 0. The minimum Gasteiger partial charge on any atom is -0.373 e. The molecule has 0 aliphatic heterocycles. The minimum absolute atomic E-state index is 0.592. The van der Waals surface area contributed by atoms with Crippen molar-refractivity contribution in [1.29, 1.82) is 5.26 Å². The first-order chi connectivity index (χ1) is 8.10. The van der Waals surface area contributed by atoms with E-state index in [9.17, 15) is 5.26 Å². The Hall–Kier alpha value is -1.14. The quantitative estimate of drug-likeness (QED) is 0.742. The second kappa shape index (κ2) is 6.56. The standard InChI is InChI=1S/C14H20N2S/c1-5-17-14-8-6-7-13(12(14)9-15)16(4)10-11(2)3/h6-8,11H,5,10H2,1-4H3. The second-order valence-electron chi connectivity index (χ2n) is 4.47. The van der Waals surface area contributed by atoms with E-state index in [1.54, 1.807) is 11.8 Å². The molecule has 3 heteroatoms. The van der Waals surface area contributed by atoms with E-state index in [0.717, 1.165) is 28.4 Å². The number of nitrogens with zero attached hydrogens (tertiary/aromatic N) is 2. The van der Waals surface area contributed by atoms with Crippen LogP contribution in [0.25, 0.3) is 0 Å². The zero-order valence-corrected chi connectivity index (χ0v) is 11.8. The van der Waals surface area contributed by atoms with Crippen molar-refractivity contribution in [3.8, 4) is 6.07 Å². The third-order valence-electron chi connectivity index (χ3n) is 2.47. The molecule has 0 bridgehead atoms. The highest BCUT2D eigenvalue weighted by molar-refractivity contribution is 7.99. The van der Waals surface area contributed by atoms with Gasteiger partial charge in [0.05, 0.1) is 11.3 Å². The van der Waals surface area contributed by atoms with Gasteiger partial charge in [-0.05, 0) is 23.8 Å². The summed E-state index contributed by atoms with van der Waals surface area (Å²) in [4.78, 5) is 3.26. The molecule has 1 aromatic carbocycles. The van der Waals surface area contributed by atoms with E-state index < -0.39 is 0 Å². The molecule has 1 aromatic rings. The van der Waals surface area contributed by atoms with Gasteiger partial charge < -0.3 is 4.90 Å². The fourth-order valence-corrected chi connectivity index (χ4v) is 2.65. The molecule has 0 unspecified atom stereocenters. The molecule has 92 valence electrons. The Morgan fingerprint density at radius 3 is 2.65 bits per heavy atom. The summed E-state index contributed by atoms with van der Waals surface area (Å²) < 4.78 is 0. The molecule has 0 amide bonds. The lowest BCUT2D eigenvalue weighted by Gasteiger charge is -2.23. The molecule has 0 saturated carbocycles. The van der Waals surface area contributed by atoms with Crippen LogP contribution in [0.3, 0.4) is 0 Å². The van der Waals surface area contributed by atoms with Crippen LogP contribution in [-0.2, 0) is 0 Å². The number of hydrogen-bond acceptors (Lipinski definition) is 3. The van der Waals surface area contributed by atoms with Gasteiger partial charge in [-0.1, -0.05) is 26.8 Å². The van der Waals surface area contributed by atoms with E-state index in [2.05, 4.69) is 38.8 Å². The van der Waals surface area contributed by atoms with Crippen molar-refractivity contribution in [1.82, 2.24) is 0 Å². The van der Waals surface area contributed by atoms with Gasteiger partial charge in [-0.25, -0.2) is 0 Å². The van der Waals surface area contributed by atoms with E-state index in [0.29, 0.717) is 5.92 Å². The average molecular weight is 248 g/mol. The predicted molar refractivity (Wildman–Crippen MR) is 75.7 cm³/mol. The van der Waals surface area contributed by atoms with E-state index >= 15 is 0 Å². The zero-order valence-electron chi connectivity index (χ0n) is 11.0. The molecular formula is C14H20N2S. The molecule has 0 radical (unpaired) electrons. The largest absolute Gasteiger partial charge is 0.373 e. The Morgan fingerprint density at radius 1 is 1.41 bits per heavy atom. The first-order valence-corrected chi connectivity index (χ1v) is 6.95. The van der Waals surface area contributed by atoms with Gasteiger partial charge in [0.15, 0.2) is 0 Å². The predicted octanol–water partition coefficient (Wildman–Crippen LogP) is 3.76. The molecular weight excluding hydrogens is 228 g/mol. The van der Waals surface area contributed by atoms with Crippen LogP contribution in [0.5, 0.6) is 0 Å². The van der Waals surface area contributed by atoms with Crippen molar-refractivity contribution in [2.45, 2.75) is 25.7 Å². The molecule has 17 heavy (non-hydrogen) atoms. The third kappa shape index (κ3) is 3.67. The molecule has 0 atom stereocenters. The van der Waals surface area contributed by atoms with Crippen molar-refractivity contribution >= 4 is 17.4 Å². The molecule has 0 spiro atoms. The summed E-state index contributed by atoms with van der Waals surface area (Å²) in [6, 6.07) is 8.43. The molecule has 1 rings (SSSR count). The highest BCUT2D eigenvalue weighted by Crippen LogP contribution is 2.29. The Bertz CT molecular complexity index is 407. The number of nitriles is 1. The molecule has 0 aliphatic rings. The Kier molecular flexibility index (Phi) is 5.37. The summed E-state index contributed by atoms with van der Waals surface area (Å²) in [5, 5.41) is 9.32. The lowest BCUT2D eigenvalue weighted by atomic mass is 10.1.